The summed E-state index contributed by atoms with van der Waals surface area (Å²) < 4.78 is 27.5. The molecule has 27 heavy (non-hydrogen) atoms. The van der Waals surface area contributed by atoms with Crippen molar-refractivity contribution >= 4 is 15.9 Å². The van der Waals surface area contributed by atoms with Gasteiger partial charge in [-0.3, -0.25) is 4.79 Å². The molecule has 0 aromatic heterocycles. The molecule has 2 fully saturated rings. The SMILES string of the molecule is CC(C)c1ccc(S(=O)(=O)N2CCCC(C(=O)NC3CCCCC3)C2)cc1. The number of sulfonamides is 1. The number of piperidine rings is 1. The van der Waals surface area contributed by atoms with Gasteiger partial charge in [0.05, 0.1) is 10.8 Å². The van der Waals surface area contributed by atoms with Crippen molar-refractivity contribution in [1.82, 2.24) is 9.62 Å². The van der Waals surface area contributed by atoms with Gasteiger partial charge in [-0.1, -0.05) is 45.2 Å². The molecule has 0 bridgehead atoms. The zero-order valence-corrected chi connectivity index (χ0v) is 17.3. The van der Waals surface area contributed by atoms with Crippen LogP contribution in [0.4, 0.5) is 0 Å². The van der Waals surface area contributed by atoms with Crippen LogP contribution < -0.4 is 5.32 Å². The average molecular weight is 393 g/mol. The molecule has 1 aliphatic carbocycles. The maximum Gasteiger partial charge on any atom is 0.243 e. The molecule has 1 aliphatic heterocycles. The molecule has 3 rings (SSSR count). The largest absolute Gasteiger partial charge is 0.353 e. The van der Waals surface area contributed by atoms with Crippen molar-refractivity contribution in [1.29, 1.82) is 0 Å². The first-order chi connectivity index (χ1) is 12.9. The summed E-state index contributed by atoms with van der Waals surface area (Å²) in [6.07, 6.45) is 7.16. The van der Waals surface area contributed by atoms with Crippen molar-refractivity contribution < 1.29 is 13.2 Å². The van der Waals surface area contributed by atoms with Gasteiger partial charge in [-0.05, 0) is 49.3 Å². The minimum atomic E-state index is -3.55. The van der Waals surface area contributed by atoms with E-state index in [1.54, 1.807) is 12.1 Å². The molecule has 1 aromatic rings. The third-order valence-corrected chi connectivity index (χ3v) is 7.77. The Morgan fingerprint density at radius 3 is 2.33 bits per heavy atom. The first kappa shape index (κ1) is 20.3. The van der Waals surface area contributed by atoms with Crippen LogP contribution in [0.15, 0.2) is 29.2 Å². The van der Waals surface area contributed by atoms with Crippen molar-refractivity contribution in [3.63, 3.8) is 0 Å². The number of amides is 1. The average Bonchev–Trinajstić information content (AvgIpc) is 2.69. The summed E-state index contributed by atoms with van der Waals surface area (Å²) in [6, 6.07) is 7.41. The van der Waals surface area contributed by atoms with Crippen LogP contribution in [0.25, 0.3) is 0 Å². The lowest BCUT2D eigenvalue weighted by molar-refractivity contribution is -0.127. The molecular weight excluding hydrogens is 360 g/mol. The second-order valence-electron chi connectivity index (χ2n) is 8.27. The van der Waals surface area contributed by atoms with Crippen LogP contribution in [0.2, 0.25) is 0 Å². The lowest BCUT2D eigenvalue weighted by atomic mass is 9.93. The van der Waals surface area contributed by atoms with E-state index in [0.29, 0.717) is 17.4 Å². The van der Waals surface area contributed by atoms with Gasteiger partial charge in [0.1, 0.15) is 0 Å². The Kier molecular flexibility index (Phi) is 6.58. The van der Waals surface area contributed by atoms with Gasteiger partial charge in [0, 0.05) is 19.1 Å². The molecule has 0 radical (unpaired) electrons. The van der Waals surface area contributed by atoms with E-state index < -0.39 is 10.0 Å². The number of nitrogens with one attached hydrogen (secondary N) is 1. The van der Waals surface area contributed by atoms with Crippen LogP contribution in [0, 0.1) is 5.92 Å². The molecular formula is C21H32N2O3S. The Balaban J connectivity index is 1.66. The second-order valence-corrected chi connectivity index (χ2v) is 10.2. The van der Waals surface area contributed by atoms with E-state index in [-0.39, 0.29) is 24.4 Å². The molecule has 6 heteroatoms. The maximum atomic E-state index is 13.0. The fourth-order valence-corrected chi connectivity index (χ4v) is 5.64. The minimum Gasteiger partial charge on any atom is -0.353 e. The standard InChI is InChI=1S/C21H32N2O3S/c1-16(2)17-10-12-20(13-11-17)27(25,26)23-14-6-7-18(15-23)21(24)22-19-8-4-3-5-9-19/h10-13,16,18-19H,3-9,14-15H2,1-2H3,(H,22,24). The Hall–Kier alpha value is -1.40. The monoisotopic (exact) mass is 392 g/mol. The van der Waals surface area contributed by atoms with Crippen LogP contribution in [0.5, 0.6) is 0 Å². The molecule has 1 aromatic carbocycles. The molecule has 1 saturated carbocycles. The summed E-state index contributed by atoms with van der Waals surface area (Å²) in [6.45, 7) is 4.95. The summed E-state index contributed by atoms with van der Waals surface area (Å²) in [7, 11) is -3.55. The second kappa shape index (κ2) is 8.74. The number of carbonyl (C=O) groups excluding carboxylic acids is 1. The first-order valence-corrected chi connectivity index (χ1v) is 11.7. The lowest BCUT2D eigenvalue weighted by Crippen LogP contribution is -2.47. The number of hydrogen-bond acceptors (Lipinski definition) is 3. The smallest absolute Gasteiger partial charge is 0.243 e. The van der Waals surface area contributed by atoms with Gasteiger partial charge < -0.3 is 5.32 Å². The van der Waals surface area contributed by atoms with Crippen molar-refractivity contribution in [3.05, 3.63) is 29.8 Å². The van der Waals surface area contributed by atoms with Crippen molar-refractivity contribution in [2.24, 2.45) is 5.92 Å². The number of hydrogen-bond donors (Lipinski definition) is 1. The Labute approximate surface area is 163 Å². The van der Waals surface area contributed by atoms with E-state index in [9.17, 15) is 13.2 Å². The highest BCUT2D eigenvalue weighted by atomic mass is 32.2. The number of carbonyl (C=O) groups is 1. The van der Waals surface area contributed by atoms with Gasteiger partial charge in [-0.15, -0.1) is 0 Å². The van der Waals surface area contributed by atoms with E-state index >= 15 is 0 Å². The van der Waals surface area contributed by atoms with Crippen LogP contribution in [0.1, 0.15) is 70.3 Å². The first-order valence-electron chi connectivity index (χ1n) is 10.3. The van der Waals surface area contributed by atoms with E-state index in [1.165, 1.54) is 23.6 Å². The number of nitrogens with zero attached hydrogens (tertiary/aromatic N) is 1. The molecule has 1 amide bonds. The van der Waals surface area contributed by atoms with Gasteiger partial charge >= 0.3 is 0 Å². The van der Waals surface area contributed by atoms with Crippen LogP contribution in [-0.4, -0.2) is 37.8 Å². The quantitative estimate of drug-likeness (QED) is 0.831. The van der Waals surface area contributed by atoms with Gasteiger partial charge in [0.15, 0.2) is 0 Å². The van der Waals surface area contributed by atoms with E-state index in [4.69, 9.17) is 0 Å². The molecule has 2 aliphatic rings. The Morgan fingerprint density at radius 2 is 1.70 bits per heavy atom. The zero-order chi connectivity index (χ0) is 19.4. The summed E-state index contributed by atoms with van der Waals surface area (Å²) >= 11 is 0. The molecule has 1 atom stereocenters. The normalized spacial score (nSPS) is 22.7. The molecule has 0 spiro atoms. The van der Waals surface area contributed by atoms with Gasteiger partial charge in [-0.2, -0.15) is 4.31 Å². The topological polar surface area (TPSA) is 66.5 Å². The van der Waals surface area contributed by atoms with Crippen LogP contribution >= 0.6 is 0 Å². The van der Waals surface area contributed by atoms with Gasteiger partial charge in [-0.25, -0.2) is 8.42 Å². The Bertz CT molecular complexity index is 737. The predicted octanol–water partition coefficient (Wildman–Crippen LogP) is 3.66. The molecule has 1 unspecified atom stereocenters. The van der Waals surface area contributed by atoms with E-state index in [2.05, 4.69) is 19.2 Å². The van der Waals surface area contributed by atoms with Crippen molar-refractivity contribution in [2.75, 3.05) is 13.1 Å². The maximum absolute atomic E-state index is 13.0. The van der Waals surface area contributed by atoms with Gasteiger partial charge in [0.2, 0.25) is 15.9 Å². The number of rotatable bonds is 5. The number of benzene rings is 1. The highest BCUT2D eigenvalue weighted by molar-refractivity contribution is 7.89. The predicted molar refractivity (Wildman–Crippen MR) is 107 cm³/mol. The fourth-order valence-electron chi connectivity index (χ4n) is 4.11. The van der Waals surface area contributed by atoms with Crippen LogP contribution in [0.3, 0.4) is 0 Å². The summed E-state index contributed by atoms with van der Waals surface area (Å²) in [5, 5.41) is 3.16. The highest BCUT2D eigenvalue weighted by Crippen LogP contribution is 2.26. The molecule has 1 heterocycles. The lowest BCUT2D eigenvalue weighted by Gasteiger charge is -2.32. The Morgan fingerprint density at radius 1 is 1.04 bits per heavy atom. The van der Waals surface area contributed by atoms with Crippen molar-refractivity contribution in [3.8, 4) is 0 Å². The van der Waals surface area contributed by atoms with Crippen molar-refractivity contribution in [2.45, 2.75) is 75.6 Å². The molecule has 1 saturated heterocycles. The fraction of sp³-hybridized carbons (Fsp3) is 0.667. The minimum absolute atomic E-state index is 0.0250. The summed E-state index contributed by atoms with van der Waals surface area (Å²) in [5.74, 6) is 0.145. The van der Waals surface area contributed by atoms with E-state index in [1.807, 2.05) is 12.1 Å². The van der Waals surface area contributed by atoms with Gasteiger partial charge in [0.25, 0.3) is 0 Å². The molecule has 150 valence electrons. The summed E-state index contributed by atoms with van der Waals surface area (Å²) in [5.41, 5.74) is 1.12. The van der Waals surface area contributed by atoms with E-state index in [0.717, 1.165) is 31.2 Å². The third-order valence-electron chi connectivity index (χ3n) is 5.89. The summed E-state index contributed by atoms with van der Waals surface area (Å²) in [4.78, 5) is 13.0. The van der Waals surface area contributed by atoms with Crippen LogP contribution in [-0.2, 0) is 14.8 Å². The molecule has 1 N–H and O–H groups in total. The molecule has 5 nitrogen and oxygen atoms in total. The zero-order valence-electron chi connectivity index (χ0n) is 16.5. The third kappa shape index (κ3) is 4.91. The highest BCUT2D eigenvalue weighted by Gasteiger charge is 2.34.